The van der Waals surface area contributed by atoms with E-state index in [2.05, 4.69) is 41.9 Å². The van der Waals surface area contributed by atoms with Crippen molar-refractivity contribution < 1.29 is 4.74 Å². The van der Waals surface area contributed by atoms with E-state index in [4.69, 9.17) is 4.74 Å². The minimum Gasteiger partial charge on any atom is -0.381 e. The highest BCUT2D eigenvalue weighted by atomic mass is 35.5. The van der Waals surface area contributed by atoms with E-state index < -0.39 is 0 Å². The summed E-state index contributed by atoms with van der Waals surface area (Å²) >= 11 is 0. The van der Waals surface area contributed by atoms with Gasteiger partial charge in [0.15, 0.2) is 0 Å². The highest BCUT2D eigenvalue weighted by Gasteiger charge is 2.28. The van der Waals surface area contributed by atoms with Crippen LogP contribution < -0.4 is 5.69 Å². The highest BCUT2D eigenvalue weighted by Crippen LogP contribution is 2.29. The van der Waals surface area contributed by atoms with Crippen LogP contribution in [0.25, 0.3) is 11.0 Å². The Balaban J connectivity index is 0.00000196. The summed E-state index contributed by atoms with van der Waals surface area (Å²) in [6.45, 7) is 8.34. The largest absolute Gasteiger partial charge is 0.381 e. The van der Waals surface area contributed by atoms with Crippen LogP contribution in [0.4, 0.5) is 0 Å². The van der Waals surface area contributed by atoms with Crippen LogP contribution in [0.2, 0.25) is 0 Å². The molecule has 2 aliphatic heterocycles. The molecule has 0 amide bonds. The number of H-pyrrole nitrogens is 1. The van der Waals surface area contributed by atoms with Crippen LogP contribution in [0.1, 0.15) is 57.1 Å². The van der Waals surface area contributed by atoms with Gasteiger partial charge >= 0.3 is 5.69 Å². The lowest BCUT2D eigenvalue weighted by molar-refractivity contribution is 0.0220. The van der Waals surface area contributed by atoms with Crippen LogP contribution in [0, 0.1) is 0 Å². The number of nitrogens with one attached hydrogen (secondary N) is 1. The van der Waals surface area contributed by atoms with E-state index in [0.29, 0.717) is 18.0 Å². The van der Waals surface area contributed by atoms with Gasteiger partial charge < -0.3 is 14.6 Å². The summed E-state index contributed by atoms with van der Waals surface area (Å²) in [6, 6.07) is 7.35. The maximum atomic E-state index is 12.6. The van der Waals surface area contributed by atoms with Gasteiger partial charge in [-0.15, -0.1) is 12.4 Å². The maximum Gasteiger partial charge on any atom is 0.326 e. The summed E-state index contributed by atoms with van der Waals surface area (Å²) < 4.78 is 7.51. The molecule has 1 N–H and O–H groups in total. The summed E-state index contributed by atoms with van der Waals surface area (Å²) in [6.07, 6.45) is 4.40. The molecule has 1 aromatic heterocycles. The molecule has 26 heavy (non-hydrogen) atoms. The maximum absolute atomic E-state index is 12.6. The van der Waals surface area contributed by atoms with E-state index in [9.17, 15) is 4.79 Å². The van der Waals surface area contributed by atoms with Crippen LogP contribution >= 0.6 is 12.4 Å². The number of halogens is 1. The van der Waals surface area contributed by atoms with Gasteiger partial charge in [-0.3, -0.25) is 4.57 Å². The first-order valence-corrected chi connectivity index (χ1v) is 9.69. The molecule has 0 bridgehead atoms. The van der Waals surface area contributed by atoms with Crippen LogP contribution in [0.3, 0.4) is 0 Å². The van der Waals surface area contributed by atoms with Gasteiger partial charge in [0.1, 0.15) is 0 Å². The van der Waals surface area contributed by atoms with Gasteiger partial charge in [-0.25, -0.2) is 4.79 Å². The summed E-state index contributed by atoms with van der Waals surface area (Å²) in [5, 5.41) is 0. The molecule has 2 aromatic rings. The van der Waals surface area contributed by atoms with Crippen molar-refractivity contribution in [2.75, 3.05) is 26.3 Å². The van der Waals surface area contributed by atoms with Crippen LogP contribution in [-0.4, -0.2) is 46.8 Å². The SMILES string of the molecule is CC(C)c1ccc2[nH]c(=O)n(C3CCN(C4CCOCC4)CC3)c2c1.Cl. The number of likely N-dealkylation sites (tertiary alicyclic amines) is 1. The second-order valence-corrected chi connectivity index (χ2v) is 7.84. The first-order chi connectivity index (χ1) is 12.1. The van der Waals surface area contributed by atoms with Gasteiger partial charge in [0.05, 0.1) is 11.0 Å². The van der Waals surface area contributed by atoms with Crippen molar-refractivity contribution in [2.45, 2.75) is 57.5 Å². The topological polar surface area (TPSA) is 50.3 Å². The van der Waals surface area contributed by atoms with Crippen molar-refractivity contribution in [1.82, 2.24) is 14.5 Å². The molecule has 1 aromatic carbocycles. The number of hydrogen-bond acceptors (Lipinski definition) is 3. The Hall–Kier alpha value is -1.30. The number of benzene rings is 1. The number of aromatic amines is 1. The van der Waals surface area contributed by atoms with Crippen molar-refractivity contribution in [3.8, 4) is 0 Å². The molecule has 0 atom stereocenters. The summed E-state index contributed by atoms with van der Waals surface area (Å²) in [5.41, 5.74) is 3.36. The monoisotopic (exact) mass is 379 g/mol. The zero-order valence-corrected chi connectivity index (χ0v) is 16.6. The number of nitrogens with zero attached hydrogens (tertiary/aromatic N) is 2. The van der Waals surface area contributed by atoms with E-state index in [1.807, 2.05) is 4.57 Å². The molecule has 3 heterocycles. The third kappa shape index (κ3) is 3.71. The van der Waals surface area contributed by atoms with Crippen LogP contribution in [0.15, 0.2) is 23.0 Å². The molecule has 0 radical (unpaired) electrons. The standard InChI is InChI=1S/C20H29N3O2.ClH/c1-14(2)15-3-4-18-19(13-15)23(20(24)21-18)17-5-9-22(10-6-17)16-7-11-25-12-8-16;/h3-4,13-14,16-17H,5-12H2,1-2H3,(H,21,24);1H. The lowest BCUT2D eigenvalue weighted by atomic mass is 9.99. The van der Waals surface area contributed by atoms with Gasteiger partial charge in [-0.05, 0) is 49.3 Å². The number of ether oxygens (including phenoxy) is 1. The Morgan fingerprint density at radius 2 is 1.77 bits per heavy atom. The number of piperidine rings is 1. The van der Waals surface area contributed by atoms with Gasteiger partial charge in [0, 0.05) is 38.4 Å². The lowest BCUT2D eigenvalue weighted by Gasteiger charge is -2.39. The quantitative estimate of drug-likeness (QED) is 0.884. The van der Waals surface area contributed by atoms with Crippen molar-refractivity contribution in [3.63, 3.8) is 0 Å². The molecule has 2 fully saturated rings. The number of fused-ring (bicyclic) bond motifs is 1. The lowest BCUT2D eigenvalue weighted by Crippen LogP contribution is -2.45. The molecule has 0 spiro atoms. The predicted molar refractivity (Wildman–Crippen MR) is 108 cm³/mol. The fraction of sp³-hybridized carbons (Fsp3) is 0.650. The fourth-order valence-electron chi connectivity index (χ4n) is 4.42. The normalized spacial score (nSPS) is 20.6. The van der Waals surface area contributed by atoms with E-state index >= 15 is 0 Å². The first-order valence-electron chi connectivity index (χ1n) is 9.69. The molecule has 6 heteroatoms. The minimum atomic E-state index is 0. The molecule has 0 unspecified atom stereocenters. The molecule has 2 saturated heterocycles. The Morgan fingerprint density at radius 1 is 1.08 bits per heavy atom. The Labute approximate surface area is 161 Å². The Kier molecular flexibility index (Phi) is 6.10. The zero-order valence-electron chi connectivity index (χ0n) is 15.7. The van der Waals surface area contributed by atoms with E-state index in [0.717, 1.165) is 63.0 Å². The first kappa shape index (κ1) is 19.5. The number of aromatic nitrogens is 2. The number of imidazole rings is 1. The van der Waals surface area contributed by atoms with Crippen molar-refractivity contribution in [2.24, 2.45) is 0 Å². The van der Waals surface area contributed by atoms with Gasteiger partial charge in [-0.2, -0.15) is 0 Å². The van der Waals surface area contributed by atoms with Crippen LogP contribution in [0.5, 0.6) is 0 Å². The van der Waals surface area contributed by atoms with E-state index in [1.165, 1.54) is 5.56 Å². The van der Waals surface area contributed by atoms with Crippen molar-refractivity contribution >= 4 is 23.4 Å². The molecule has 4 rings (SSSR count). The fourth-order valence-corrected chi connectivity index (χ4v) is 4.42. The molecular weight excluding hydrogens is 350 g/mol. The predicted octanol–water partition coefficient (Wildman–Crippen LogP) is 3.69. The average molecular weight is 380 g/mol. The van der Waals surface area contributed by atoms with Crippen molar-refractivity contribution in [1.29, 1.82) is 0 Å². The Morgan fingerprint density at radius 3 is 2.42 bits per heavy atom. The Bertz CT molecular complexity index is 784. The van der Waals surface area contributed by atoms with Crippen molar-refractivity contribution in [3.05, 3.63) is 34.2 Å². The zero-order chi connectivity index (χ0) is 17.4. The smallest absolute Gasteiger partial charge is 0.326 e. The third-order valence-electron chi connectivity index (χ3n) is 5.98. The van der Waals surface area contributed by atoms with Crippen LogP contribution in [-0.2, 0) is 4.74 Å². The van der Waals surface area contributed by atoms with Gasteiger partial charge in [0.2, 0.25) is 0 Å². The number of rotatable bonds is 3. The summed E-state index contributed by atoms with van der Waals surface area (Å²) in [4.78, 5) is 18.2. The third-order valence-corrected chi connectivity index (χ3v) is 5.98. The minimum absolute atomic E-state index is 0. The van der Waals surface area contributed by atoms with Gasteiger partial charge in [0.25, 0.3) is 0 Å². The summed E-state index contributed by atoms with van der Waals surface area (Å²) in [7, 11) is 0. The van der Waals surface area contributed by atoms with Gasteiger partial charge in [-0.1, -0.05) is 19.9 Å². The number of hydrogen-bond donors (Lipinski definition) is 1. The molecule has 0 aliphatic carbocycles. The second kappa shape index (κ2) is 8.15. The van der Waals surface area contributed by atoms with E-state index in [-0.39, 0.29) is 18.1 Å². The molecule has 2 aliphatic rings. The summed E-state index contributed by atoms with van der Waals surface area (Å²) in [5.74, 6) is 0.471. The molecule has 5 nitrogen and oxygen atoms in total. The molecule has 144 valence electrons. The molecule has 0 saturated carbocycles. The van der Waals surface area contributed by atoms with E-state index in [1.54, 1.807) is 0 Å². The average Bonchev–Trinajstić information content (AvgIpc) is 2.97. The highest BCUT2D eigenvalue weighted by molar-refractivity contribution is 5.85. The molecular formula is C20H30ClN3O2. The second-order valence-electron chi connectivity index (χ2n) is 7.84.